The van der Waals surface area contributed by atoms with Crippen LogP contribution >= 0.6 is 0 Å². The van der Waals surface area contributed by atoms with E-state index in [1.54, 1.807) is 22.9 Å². The molecule has 144 valence electrons. The maximum absolute atomic E-state index is 13.2. The largest absolute Gasteiger partial charge is 0.504 e. The minimum atomic E-state index is -0.469. The van der Waals surface area contributed by atoms with Crippen LogP contribution in [-0.2, 0) is 4.79 Å². The number of aromatic hydroxyl groups is 1. The summed E-state index contributed by atoms with van der Waals surface area (Å²) in [5.41, 5.74) is 1.52. The number of aromatic nitrogens is 3. The van der Waals surface area contributed by atoms with Crippen LogP contribution in [0, 0.1) is 5.92 Å². The van der Waals surface area contributed by atoms with Crippen LogP contribution in [0.5, 0.6) is 11.5 Å². The second kappa shape index (κ2) is 7.22. The highest BCUT2D eigenvalue weighted by Gasteiger charge is 2.41. The fourth-order valence-corrected chi connectivity index (χ4v) is 3.62. The van der Waals surface area contributed by atoms with Crippen molar-refractivity contribution in [3.05, 3.63) is 60.4 Å². The van der Waals surface area contributed by atoms with E-state index in [0.717, 1.165) is 11.3 Å². The van der Waals surface area contributed by atoms with Gasteiger partial charge in [0.05, 0.1) is 19.1 Å². The lowest BCUT2D eigenvalue weighted by atomic mass is 9.85. The number of anilines is 2. The summed E-state index contributed by atoms with van der Waals surface area (Å²) in [6, 6.07) is 13.8. The maximum Gasteiger partial charge on any atom is 0.232 e. The lowest BCUT2D eigenvalue weighted by molar-refractivity contribution is -0.121. The molecule has 4 rings (SSSR count). The van der Waals surface area contributed by atoms with Crippen molar-refractivity contribution in [2.24, 2.45) is 5.92 Å². The van der Waals surface area contributed by atoms with Crippen molar-refractivity contribution < 1.29 is 14.6 Å². The monoisotopic (exact) mass is 379 g/mol. The highest BCUT2D eigenvalue weighted by molar-refractivity contribution is 5.94. The van der Waals surface area contributed by atoms with Gasteiger partial charge in [-0.15, -0.1) is 0 Å². The Morgan fingerprint density at radius 1 is 1.25 bits per heavy atom. The highest BCUT2D eigenvalue weighted by Crippen LogP contribution is 2.39. The lowest BCUT2D eigenvalue weighted by Crippen LogP contribution is -2.46. The van der Waals surface area contributed by atoms with Gasteiger partial charge in [0.2, 0.25) is 11.9 Å². The number of rotatable bonds is 4. The zero-order valence-corrected chi connectivity index (χ0v) is 15.5. The van der Waals surface area contributed by atoms with Crippen molar-refractivity contribution in [2.75, 3.05) is 17.7 Å². The third kappa shape index (κ3) is 3.13. The zero-order chi connectivity index (χ0) is 19.7. The number of hydrogen-bond acceptors (Lipinski definition) is 6. The molecule has 3 aromatic rings. The van der Waals surface area contributed by atoms with Gasteiger partial charge in [-0.3, -0.25) is 4.79 Å². The Balaban J connectivity index is 1.76. The summed E-state index contributed by atoms with van der Waals surface area (Å²) in [5.74, 6) is 0.367. The number of benzene rings is 2. The molecule has 0 aliphatic carbocycles. The normalized spacial score (nSPS) is 20.7. The number of methoxy groups -OCH3 is 1. The van der Waals surface area contributed by atoms with Crippen LogP contribution in [0.2, 0.25) is 0 Å². The number of phenols is 1. The molecule has 8 nitrogen and oxygen atoms in total. The fourth-order valence-electron chi connectivity index (χ4n) is 3.62. The molecule has 1 aromatic heterocycles. The standard InChI is InChI=1S/C20H21N5O3/c1-12-17(19(27)24-14-6-4-3-5-7-14)18(25-20(23-12)21-11-22-25)13-8-9-15(26)16(10-13)28-2/h3-12,17-18,26H,1-2H3,(H,24,27)(H,21,22,23)/t12-,17-,18+/m0/s1. The smallest absolute Gasteiger partial charge is 0.232 e. The predicted molar refractivity (Wildman–Crippen MR) is 104 cm³/mol. The third-order valence-corrected chi connectivity index (χ3v) is 4.96. The average Bonchev–Trinajstić information content (AvgIpc) is 3.16. The van der Waals surface area contributed by atoms with Gasteiger partial charge in [0.25, 0.3) is 0 Å². The summed E-state index contributed by atoms with van der Waals surface area (Å²) in [6.45, 7) is 1.94. The molecule has 0 unspecified atom stereocenters. The quantitative estimate of drug-likeness (QED) is 0.644. The number of nitrogens with zero attached hydrogens (tertiary/aromatic N) is 3. The minimum absolute atomic E-state index is 0.0392. The van der Waals surface area contributed by atoms with Gasteiger partial charge in [-0.25, -0.2) is 4.68 Å². The topological polar surface area (TPSA) is 101 Å². The third-order valence-electron chi connectivity index (χ3n) is 4.96. The Kier molecular flexibility index (Phi) is 4.60. The molecule has 28 heavy (non-hydrogen) atoms. The molecule has 1 amide bonds. The van der Waals surface area contributed by atoms with E-state index >= 15 is 0 Å². The molecule has 0 fully saturated rings. The Morgan fingerprint density at radius 3 is 2.79 bits per heavy atom. The van der Waals surface area contributed by atoms with E-state index in [1.807, 2.05) is 37.3 Å². The van der Waals surface area contributed by atoms with Gasteiger partial charge in [0.1, 0.15) is 6.33 Å². The lowest BCUT2D eigenvalue weighted by Gasteiger charge is -2.37. The number of nitrogens with one attached hydrogen (secondary N) is 2. The van der Waals surface area contributed by atoms with Crippen LogP contribution in [0.3, 0.4) is 0 Å². The van der Waals surface area contributed by atoms with E-state index in [1.165, 1.54) is 13.4 Å². The van der Waals surface area contributed by atoms with Crippen molar-refractivity contribution >= 4 is 17.5 Å². The highest BCUT2D eigenvalue weighted by atomic mass is 16.5. The first-order valence-corrected chi connectivity index (χ1v) is 8.97. The molecule has 0 saturated heterocycles. The number of amides is 1. The van der Waals surface area contributed by atoms with Gasteiger partial charge in [0.15, 0.2) is 11.5 Å². The summed E-state index contributed by atoms with van der Waals surface area (Å²) in [5, 5.41) is 20.5. The second-order valence-corrected chi connectivity index (χ2v) is 6.72. The minimum Gasteiger partial charge on any atom is -0.504 e. The molecule has 0 spiro atoms. The van der Waals surface area contributed by atoms with Crippen LogP contribution in [-0.4, -0.2) is 38.9 Å². The summed E-state index contributed by atoms with van der Waals surface area (Å²) in [6.07, 6.45) is 1.46. The Hall–Kier alpha value is -3.55. The molecular weight excluding hydrogens is 358 g/mol. The van der Waals surface area contributed by atoms with Crippen LogP contribution in [0.4, 0.5) is 11.6 Å². The van der Waals surface area contributed by atoms with Gasteiger partial charge >= 0.3 is 0 Å². The summed E-state index contributed by atoms with van der Waals surface area (Å²) < 4.78 is 6.95. The molecule has 0 saturated carbocycles. The van der Waals surface area contributed by atoms with Gasteiger partial charge in [0, 0.05) is 11.7 Å². The number of fused-ring (bicyclic) bond motifs is 1. The molecule has 2 aromatic carbocycles. The maximum atomic E-state index is 13.2. The van der Waals surface area contributed by atoms with Crippen molar-refractivity contribution in [3.8, 4) is 11.5 Å². The number of carbonyl (C=O) groups is 1. The molecule has 1 aliphatic heterocycles. The fraction of sp³-hybridized carbons (Fsp3) is 0.250. The van der Waals surface area contributed by atoms with E-state index in [9.17, 15) is 9.90 Å². The molecule has 1 aliphatic rings. The van der Waals surface area contributed by atoms with Gasteiger partial charge in [-0.2, -0.15) is 10.1 Å². The molecule has 3 N–H and O–H groups in total. The van der Waals surface area contributed by atoms with E-state index < -0.39 is 12.0 Å². The average molecular weight is 379 g/mol. The van der Waals surface area contributed by atoms with Gasteiger partial charge in [-0.05, 0) is 36.8 Å². The summed E-state index contributed by atoms with van der Waals surface area (Å²) in [7, 11) is 1.49. The Labute approximate surface area is 162 Å². The molecular formula is C20H21N5O3. The molecule has 0 radical (unpaired) electrons. The number of hydrogen-bond donors (Lipinski definition) is 3. The van der Waals surface area contributed by atoms with Crippen molar-refractivity contribution in [1.29, 1.82) is 0 Å². The van der Waals surface area contributed by atoms with Crippen LogP contribution in [0.15, 0.2) is 54.9 Å². The first-order valence-electron chi connectivity index (χ1n) is 8.97. The van der Waals surface area contributed by atoms with E-state index in [0.29, 0.717) is 11.7 Å². The Morgan fingerprint density at radius 2 is 2.04 bits per heavy atom. The summed E-state index contributed by atoms with van der Waals surface area (Å²) >= 11 is 0. The van der Waals surface area contributed by atoms with Crippen LogP contribution in [0.1, 0.15) is 18.5 Å². The molecule has 2 heterocycles. The molecule has 8 heteroatoms. The first kappa shape index (κ1) is 17.8. The number of phenolic OH excluding ortho intramolecular Hbond substituents is 1. The van der Waals surface area contributed by atoms with Crippen molar-refractivity contribution in [3.63, 3.8) is 0 Å². The SMILES string of the molecule is COc1cc([C@@H]2[C@@H](C(=O)Nc3ccccc3)[C@H](C)Nc3ncnn32)ccc1O. The Bertz CT molecular complexity index is 989. The number of ether oxygens (including phenoxy) is 1. The summed E-state index contributed by atoms with van der Waals surface area (Å²) in [4.78, 5) is 17.5. The van der Waals surface area contributed by atoms with Crippen molar-refractivity contribution in [1.82, 2.24) is 14.8 Å². The van der Waals surface area contributed by atoms with Gasteiger partial charge in [-0.1, -0.05) is 24.3 Å². The second-order valence-electron chi connectivity index (χ2n) is 6.72. The zero-order valence-electron chi connectivity index (χ0n) is 15.5. The first-order chi connectivity index (χ1) is 13.6. The predicted octanol–water partition coefficient (Wildman–Crippen LogP) is 2.65. The number of carbonyl (C=O) groups excluding carboxylic acids is 1. The van der Waals surface area contributed by atoms with E-state index in [4.69, 9.17) is 4.74 Å². The van der Waals surface area contributed by atoms with Crippen LogP contribution < -0.4 is 15.4 Å². The van der Waals surface area contributed by atoms with E-state index in [2.05, 4.69) is 20.7 Å². The van der Waals surface area contributed by atoms with Gasteiger partial charge < -0.3 is 20.5 Å². The van der Waals surface area contributed by atoms with E-state index in [-0.39, 0.29) is 17.7 Å². The molecule has 0 bridgehead atoms. The molecule has 3 atom stereocenters. The van der Waals surface area contributed by atoms with Crippen LogP contribution in [0.25, 0.3) is 0 Å². The number of para-hydroxylation sites is 1. The van der Waals surface area contributed by atoms with Crippen molar-refractivity contribution in [2.45, 2.75) is 19.0 Å².